The summed E-state index contributed by atoms with van der Waals surface area (Å²) in [5.41, 5.74) is 1.14. The van der Waals surface area contributed by atoms with Crippen LogP contribution in [0.25, 0.3) is 0 Å². The van der Waals surface area contributed by atoms with Gasteiger partial charge in [-0.15, -0.1) is 23.5 Å². The van der Waals surface area contributed by atoms with Crippen molar-refractivity contribution in [3.8, 4) is 11.5 Å². The number of anilines is 1. The van der Waals surface area contributed by atoms with Gasteiger partial charge >= 0.3 is 0 Å². The maximum Gasteiger partial charge on any atom is 0.289 e. The zero-order chi connectivity index (χ0) is 20.1. The number of ether oxygens (including phenoxy) is 2. The molecule has 1 fully saturated rings. The van der Waals surface area contributed by atoms with Crippen LogP contribution in [-0.4, -0.2) is 36.1 Å². The Morgan fingerprint density at radius 1 is 1.25 bits per heavy atom. The van der Waals surface area contributed by atoms with E-state index in [9.17, 15) is 14.9 Å². The number of nitrogens with zero attached hydrogens (tertiary/aromatic N) is 1. The molecule has 28 heavy (non-hydrogen) atoms. The van der Waals surface area contributed by atoms with Crippen LogP contribution in [0.15, 0.2) is 36.4 Å². The third kappa shape index (κ3) is 5.03. The monoisotopic (exact) mass is 440 g/mol. The highest BCUT2D eigenvalue weighted by Crippen LogP contribution is 2.46. The smallest absolute Gasteiger partial charge is 0.289 e. The third-order valence-corrected chi connectivity index (χ3v) is 7.29. The molecule has 1 heterocycles. The van der Waals surface area contributed by atoms with Crippen LogP contribution in [0, 0.1) is 10.1 Å². The number of nitro groups is 1. The summed E-state index contributed by atoms with van der Waals surface area (Å²) in [6.07, 6.45) is 0. The van der Waals surface area contributed by atoms with E-state index in [4.69, 9.17) is 21.1 Å². The van der Waals surface area contributed by atoms with Crippen molar-refractivity contribution in [1.82, 2.24) is 0 Å². The number of benzene rings is 2. The third-order valence-electron chi connectivity index (χ3n) is 3.87. The molecule has 1 aliphatic heterocycles. The molecule has 2 aromatic carbocycles. The fourth-order valence-electron chi connectivity index (χ4n) is 2.57. The van der Waals surface area contributed by atoms with Gasteiger partial charge in [0.25, 0.3) is 11.6 Å². The largest absolute Gasteiger partial charge is 0.493 e. The van der Waals surface area contributed by atoms with Gasteiger partial charge < -0.3 is 14.8 Å². The van der Waals surface area contributed by atoms with E-state index in [2.05, 4.69) is 5.32 Å². The average molecular weight is 441 g/mol. The van der Waals surface area contributed by atoms with Gasteiger partial charge in [-0.2, -0.15) is 0 Å². The van der Waals surface area contributed by atoms with Crippen molar-refractivity contribution in [2.45, 2.75) is 4.58 Å². The Labute approximate surface area is 175 Å². The van der Waals surface area contributed by atoms with E-state index < -0.39 is 10.8 Å². The maximum absolute atomic E-state index is 12.1. The summed E-state index contributed by atoms with van der Waals surface area (Å²) in [7, 11) is 1.55. The Hall–Kier alpha value is -2.10. The van der Waals surface area contributed by atoms with Crippen LogP contribution >= 0.6 is 35.1 Å². The van der Waals surface area contributed by atoms with E-state index in [-0.39, 0.29) is 23.0 Å². The van der Waals surface area contributed by atoms with Crippen molar-refractivity contribution in [3.63, 3.8) is 0 Å². The number of nitrogens with one attached hydrogen (secondary N) is 1. The summed E-state index contributed by atoms with van der Waals surface area (Å²) in [5, 5.41) is 13.5. The first kappa shape index (κ1) is 20.6. The fourth-order valence-corrected chi connectivity index (χ4v) is 5.60. The Morgan fingerprint density at radius 3 is 2.68 bits per heavy atom. The first-order valence-electron chi connectivity index (χ1n) is 8.25. The number of thioether (sulfide) groups is 2. The highest BCUT2D eigenvalue weighted by Gasteiger charge is 2.20. The molecule has 0 atom stereocenters. The highest BCUT2D eigenvalue weighted by atomic mass is 35.5. The highest BCUT2D eigenvalue weighted by molar-refractivity contribution is 8.19. The molecule has 148 valence electrons. The first-order chi connectivity index (χ1) is 13.5. The van der Waals surface area contributed by atoms with Crippen molar-refractivity contribution in [3.05, 3.63) is 57.1 Å². The van der Waals surface area contributed by atoms with Crippen LogP contribution in [-0.2, 0) is 4.79 Å². The molecular formula is C18H17ClN2O5S2. The Morgan fingerprint density at radius 2 is 2.00 bits per heavy atom. The first-order valence-corrected chi connectivity index (χ1v) is 10.7. The van der Waals surface area contributed by atoms with Gasteiger partial charge in [-0.05, 0) is 29.8 Å². The number of methoxy groups -OCH3 is 1. The second-order valence-electron chi connectivity index (χ2n) is 5.74. The summed E-state index contributed by atoms with van der Waals surface area (Å²) < 4.78 is 11.3. The number of hydrogen-bond donors (Lipinski definition) is 1. The van der Waals surface area contributed by atoms with Gasteiger partial charge in [0.1, 0.15) is 5.02 Å². The summed E-state index contributed by atoms with van der Waals surface area (Å²) in [6, 6.07) is 9.72. The van der Waals surface area contributed by atoms with Crippen molar-refractivity contribution < 1.29 is 19.2 Å². The van der Waals surface area contributed by atoms with Crippen LogP contribution in [0.2, 0.25) is 5.02 Å². The van der Waals surface area contributed by atoms with Crippen molar-refractivity contribution in [2.24, 2.45) is 0 Å². The standard InChI is InChI=1S/C18H17ClN2O5S2/c1-25-16-8-11(18-27-6-7-28-18)2-5-15(16)26-10-17(22)20-12-3-4-13(19)14(9-12)21(23)24/h2-5,8-9,18H,6-7,10H2,1H3,(H,20,22). The fraction of sp³-hybridized carbons (Fsp3) is 0.278. The number of hydrogen-bond acceptors (Lipinski definition) is 7. The van der Waals surface area contributed by atoms with E-state index in [1.807, 2.05) is 35.7 Å². The summed E-state index contributed by atoms with van der Waals surface area (Å²) in [4.78, 5) is 22.5. The molecule has 3 rings (SSSR count). The molecule has 1 aliphatic rings. The van der Waals surface area contributed by atoms with E-state index in [0.29, 0.717) is 16.1 Å². The minimum absolute atomic E-state index is 0.00247. The van der Waals surface area contributed by atoms with Gasteiger partial charge in [0, 0.05) is 23.3 Å². The van der Waals surface area contributed by atoms with Crippen LogP contribution in [0.5, 0.6) is 11.5 Å². The molecule has 0 radical (unpaired) electrons. The lowest BCUT2D eigenvalue weighted by atomic mass is 10.2. The average Bonchev–Trinajstić information content (AvgIpc) is 3.22. The second-order valence-corrected chi connectivity index (χ2v) is 8.88. The van der Waals surface area contributed by atoms with Gasteiger partial charge in [0.2, 0.25) is 0 Å². The van der Waals surface area contributed by atoms with Crippen molar-refractivity contribution in [1.29, 1.82) is 0 Å². The van der Waals surface area contributed by atoms with Crippen molar-refractivity contribution in [2.75, 3.05) is 30.5 Å². The molecule has 0 saturated carbocycles. The van der Waals surface area contributed by atoms with E-state index in [0.717, 1.165) is 17.1 Å². The van der Waals surface area contributed by atoms with E-state index in [1.165, 1.54) is 18.2 Å². The summed E-state index contributed by atoms with van der Waals surface area (Å²) in [6.45, 7) is -0.265. The number of amides is 1. The zero-order valence-electron chi connectivity index (χ0n) is 14.8. The van der Waals surface area contributed by atoms with Gasteiger partial charge in [-0.25, -0.2) is 0 Å². The Balaban J connectivity index is 1.62. The molecule has 0 spiro atoms. The predicted octanol–water partition coefficient (Wildman–Crippen LogP) is 4.75. The zero-order valence-corrected chi connectivity index (χ0v) is 17.2. The lowest BCUT2D eigenvalue weighted by molar-refractivity contribution is -0.384. The molecule has 0 aliphatic carbocycles. The Bertz CT molecular complexity index is 890. The minimum atomic E-state index is -0.609. The van der Waals surface area contributed by atoms with Crippen LogP contribution in [0.3, 0.4) is 0 Å². The normalized spacial score (nSPS) is 13.9. The lowest BCUT2D eigenvalue weighted by Gasteiger charge is -2.14. The summed E-state index contributed by atoms with van der Waals surface area (Å²) in [5.74, 6) is 2.80. The molecule has 10 heteroatoms. The molecule has 1 N–H and O–H groups in total. The number of nitro benzene ring substituents is 1. The number of carbonyl (C=O) groups excluding carboxylic acids is 1. The number of rotatable bonds is 7. The van der Waals surface area contributed by atoms with Gasteiger partial charge in [0.15, 0.2) is 18.1 Å². The SMILES string of the molecule is COc1cc(C2SCCS2)ccc1OCC(=O)Nc1ccc(Cl)c([N+](=O)[O-])c1. The maximum atomic E-state index is 12.1. The van der Waals surface area contributed by atoms with Crippen LogP contribution in [0.4, 0.5) is 11.4 Å². The van der Waals surface area contributed by atoms with E-state index >= 15 is 0 Å². The molecule has 0 unspecified atom stereocenters. The lowest BCUT2D eigenvalue weighted by Crippen LogP contribution is -2.20. The number of halogens is 1. The van der Waals surface area contributed by atoms with Gasteiger partial charge in [-0.1, -0.05) is 17.7 Å². The molecule has 0 aromatic heterocycles. The molecule has 0 bridgehead atoms. The quantitative estimate of drug-likeness (QED) is 0.490. The molecule has 1 saturated heterocycles. The molecule has 7 nitrogen and oxygen atoms in total. The van der Waals surface area contributed by atoms with E-state index in [1.54, 1.807) is 13.2 Å². The molecule has 2 aromatic rings. The van der Waals surface area contributed by atoms with Gasteiger partial charge in [-0.3, -0.25) is 14.9 Å². The predicted molar refractivity (Wildman–Crippen MR) is 113 cm³/mol. The van der Waals surface area contributed by atoms with Crippen LogP contribution < -0.4 is 14.8 Å². The van der Waals surface area contributed by atoms with Crippen molar-refractivity contribution >= 4 is 52.4 Å². The Kier molecular flexibility index (Phi) is 6.93. The molecular weight excluding hydrogens is 424 g/mol. The second kappa shape index (κ2) is 9.40. The van der Waals surface area contributed by atoms with Gasteiger partial charge in [0.05, 0.1) is 16.6 Å². The topological polar surface area (TPSA) is 90.7 Å². The summed E-state index contributed by atoms with van der Waals surface area (Å²) >= 11 is 9.54. The molecule has 1 amide bonds. The minimum Gasteiger partial charge on any atom is -0.493 e. The number of carbonyl (C=O) groups is 1. The van der Waals surface area contributed by atoms with Crippen LogP contribution in [0.1, 0.15) is 10.1 Å².